The predicted octanol–water partition coefficient (Wildman–Crippen LogP) is 4.45. The molecule has 2 aliphatic carbocycles. The lowest BCUT2D eigenvalue weighted by atomic mass is 9.98. The second-order valence-corrected chi connectivity index (χ2v) is 9.23. The minimum atomic E-state index is -0.950. The Bertz CT molecular complexity index is 1000. The van der Waals surface area contributed by atoms with Gasteiger partial charge in [-0.1, -0.05) is 68.3 Å². The highest BCUT2D eigenvalue weighted by Gasteiger charge is 2.39. The first-order valence-corrected chi connectivity index (χ1v) is 12.1. The maximum Gasteiger partial charge on any atom is 0.407 e. The zero-order valence-corrected chi connectivity index (χ0v) is 19.5. The van der Waals surface area contributed by atoms with Crippen molar-refractivity contribution in [1.29, 1.82) is 0 Å². The molecule has 0 spiro atoms. The fourth-order valence-electron chi connectivity index (χ4n) is 4.77. The Hall–Kier alpha value is -3.35. The fraction of sp³-hybridized carbons (Fsp3) is 0.444. The number of rotatable bonds is 11. The van der Waals surface area contributed by atoms with E-state index >= 15 is 0 Å². The number of carbonyl (C=O) groups is 3. The number of carboxylic acids is 1. The van der Waals surface area contributed by atoms with Gasteiger partial charge >= 0.3 is 12.1 Å². The van der Waals surface area contributed by atoms with Crippen molar-refractivity contribution in [2.75, 3.05) is 6.61 Å². The number of unbranched alkanes of at least 4 members (excludes halogenated alkanes) is 1. The van der Waals surface area contributed by atoms with E-state index in [1.807, 2.05) is 31.2 Å². The molecule has 2 aromatic carbocycles. The van der Waals surface area contributed by atoms with Crippen molar-refractivity contribution in [3.63, 3.8) is 0 Å². The summed E-state index contributed by atoms with van der Waals surface area (Å²) in [6, 6.07) is 15.1. The van der Waals surface area contributed by atoms with Crippen LogP contribution in [0.15, 0.2) is 48.5 Å². The van der Waals surface area contributed by atoms with Crippen molar-refractivity contribution in [2.24, 2.45) is 5.92 Å². The van der Waals surface area contributed by atoms with Gasteiger partial charge < -0.3 is 20.5 Å². The van der Waals surface area contributed by atoms with Gasteiger partial charge in [-0.3, -0.25) is 9.59 Å². The first kappa shape index (κ1) is 23.8. The van der Waals surface area contributed by atoms with Crippen molar-refractivity contribution in [3.05, 3.63) is 59.7 Å². The zero-order chi connectivity index (χ0) is 24.1. The van der Waals surface area contributed by atoms with Crippen LogP contribution in [-0.4, -0.2) is 41.8 Å². The van der Waals surface area contributed by atoms with Crippen molar-refractivity contribution in [2.45, 2.75) is 63.5 Å². The normalized spacial score (nSPS) is 16.1. The third kappa shape index (κ3) is 5.58. The number of aliphatic carboxylic acids is 1. The van der Waals surface area contributed by atoms with Gasteiger partial charge in [-0.05, 0) is 47.4 Å². The van der Waals surface area contributed by atoms with E-state index in [0.29, 0.717) is 6.42 Å². The van der Waals surface area contributed by atoms with Gasteiger partial charge in [0.2, 0.25) is 5.91 Å². The van der Waals surface area contributed by atoms with E-state index in [1.54, 1.807) is 0 Å². The molecule has 34 heavy (non-hydrogen) atoms. The summed E-state index contributed by atoms with van der Waals surface area (Å²) in [5.74, 6) is -1.29. The van der Waals surface area contributed by atoms with E-state index in [1.165, 1.54) is 0 Å². The van der Waals surface area contributed by atoms with Crippen LogP contribution in [0.5, 0.6) is 0 Å². The van der Waals surface area contributed by atoms with Gasteiger partial charge in [-0.15, -0.1) is 0 Å². The summed E-state index contributed by atoms with van der Waals surface area (Å²) >= 11 is 0. The molecule has 0 radical (unpaired) electrons. The van der Waals surface area contributed by atoms with Crippen LogP contribution in [0.4, 0.5) is 4.79 Å². The van der Waals surface area contributed by atoms with Gasteiger partial charge in [0.05, 0.1) is 6.42 Å². The average Bonchev–Trinajstić information content (AvgIpc) is 3.61. The van der Waals surface area contributed by atoms with E-state index in [-0.39, 0.29) is 30.8 Å². The number of alkyl carbamates (subject to hydrolysis) is 1. The second kappa shape index (κ2) is 10.7. The highest BCUT2D eigenvalue weighted by Crippen LogP contribution is 2.44. The summed E-state index contributed by atoms with van der Waals surface area (Å²) in [6.45, 7) is 2.20. The predicted molar refractivity (Wildman–Crippen MR) is 128 cm³/mol. The molecule has 2 amide bonds. The smallest absolute Gasteiger partial charge is 0.407 e. The standard InChI is InChI=1S/C27H32N2O5/c1-2-3-8-18(15-24(30)31)28-26(32)25(17-13-14-17)29-27(33)34-16-23-21-11-6-4-9-19(21)20-10-5-7-12-22(20)23/h4-7,9-12,17-18,23,25H,2-3,8,13-16H2,1H3,(H,28,32)(H,29,33)(H,30,31)/t18-,25?/m1/s1. The molecule has 1 unspecified atom stereocenters. The summed E-state index contributed by atoms with van der Waals surface area (Å²) in [7, 11) is 0. The fourth-order valence-corrected chi connectivity index (χ4v) is 4.77. The third-order valence-electron chi connectivity index (χ3n) is 6.67. The molecule has 7 nitrogen and oxygen atoms in total. The van der Waals surface area contributed by atoms with Crippen LogP contribution < -0.4 is 10.6 Å². The molecule has 0 bridgehead atoms. The lowest BCUT2D eigenvalue weighted by Gasteiger charge is -2.23. The monoisotopic (exact) mass is 464 g/mol. The lowest BCUT2D eigenvalue weighted by Crippen LogP contribution is -2.51. The number of hydrogen-bond donors (Lipinski definition) is 3. The Balaban J connectivity index is 1.37. The van der Waals surface area contributed by atoms with Gasteiger partial charge in [0.15, 0.2) is 0 Å². The zero-order valence-electron chi connectivity index (χ0n) is 19.5. The van der Waals surface area contributed by atoms with E-state index in [9.17, 15) is 19.5 Å². The van der Waals surface area contributed by atoms with Gasteiger partial charge in [0.1, 0.15) is 12.6 Å². The molecular weight excluding hydrogens is 432 g/mol. The molecular formula is C27H32N2O5. The van der Waals surface area contributed by atoms with Crippen molar-refractivity contribution in [3.8, 4) is 11.1 Å². The molecule has 1 saturated carbocycles. The van der Waals surface area contributed by atoms with Crippen LogP contribution >= 0.6 is 0 Å². The van der Waals surface area contributed by atoms with E-state index in [4.69, 9.17) is 4.74 Å². The quantitative estimate of drug-likeness (QED) is 0.456. The Morgan fingerprint density at radius 1 is 1.00 bits per heavy atom. The minimum absolute atomic E-state index is 0.0529. The number of carbonyl (C=O) groups excluding carboxylic acids is 2. The van der Waals surface area contributed by atoms with Gasteiger partial charge in [0, 0.05) is 12.0 Å². The first-order valence-electron chi connectivity index (χ1n) is 12.1. The molecule has 0 aliphatic heterocycles. The first-order chi connectivity index (χ1) is 16.5. The van der Waals surface area contributed by atoms with Crippen LogP contribution in [0.3, 0.4) is 0 Å². The van der Waals surface area contributed by atoms with Gasteiger partial charge in [0.25, 0.3) is 0 Å². The molecule has 0 heterocycles. The highest BCUT2D eigenvalue weighted by molar-refractivity contribution is 5.87. The third-order valence-corrected chi connectivity index (χ3v) is 6.67. The Morgan fingerprint density at radius 2 is 1.62 bits per heavy atom. The number of ether oxygens (including phenoxy) is 1. The molecule has 7 heteroatoms. The van der Waals surface area contributed by atoms with Crippen LogP contribution in [0.1, 0.15) is 62.5 Å². The molecule has 0 aromatic heterocycles. The largest absolute Gasteiger partial charge is 0.481 e. The Labute approximate surface area is 199 Å². The Morgan fingerprint density at radius 3 is 2.18 bits per heavy atom. The number of carboxylic acid groups (broad SMARTS) is 1. The highest BCUT2D eigenvalue weighted by atomic mass is 16.5. The van der Waals surface area contributed by atoms with Crippen LogP contribution in [0, 0.1) is 5.92 Å². The number of amides is 2. The van der Waals surface area contributed by atoms with Crippen molar-refractivity contribution in [1.82, 2.24) is 10.6 Å². The molecule has 0 saturated heterocycles. The van der Waals surface area contributed by atoms with Crippen molar-refractivity contribution >= 4 is 18.0 Å². The summed E-state index contributed by atoms with van der Waals surface area (Å²) in [5, 5.41) is 14.8. The van der Waals surface area contributed by atoms with Crippen LogP contribution in [0.25, 0.3) is 11.1 Å². The topological polar surface area (TPSA) is 105 Å². The lowest BCUT2D eigenvalue weighted by molar-refractivity contribution is -0.137. The molecule has 2 aliphatic rings. The SMILES string of the molecule is CCCC[C@H](CC(=O)O)NC(=O)C(NC(=O)OCC1c2ccccc2-c2ccccc21)C1CC1. The number of benzene rings is 2. The second-order valence-electron chi connectivity index (χ2n) is 9.23. The summed E-state index contributed by atoms with van der Waals surface area (Å²) in [5.41, 5.74) is 4.55. The average molecular weight is 465 g/mol. The van der Waals surface area contributed by atoms with Crippen molar-refractivity contribution < 1.29 is 24.2 Å². The number of hydrogen-bond acceptors (Lipinski definition) is 4. The molecule has 2 atom stereocenters. The molecule has 4 rings (SSSR count). The minimum Gasteiger partial charge on any atom is -0.481 e. The van der Waals surface area contributed by atoms with Crippen LogP contribution in [-0.2, 0) is 14.3 Å². The van der Waals surface area contributed by atoms with Gasteiger partial charge in [-0.2, -0.15) is 0 Å². The van der Waals surface area contributed by atoms with Crippen LogP contribution in [0.2, 0.25) is 0 Å². The summed E-state index contributed by atoms with van der Waals surface area (Å²) in [6.07, 6.45) is 3.27. The molecule has 180 valence electrons. The molecule has 2 aromatic rings. The van der Waals surface area contributed by atoms with Gasteiger partial charge in [-0.25, -0.2) is 4.79 Å². The molecule has 3 N–H and O–H groups in total. The number of fused-ring (bicyclic) bond motifs is 3. The maximum absolute atomic E-state index is 12.9. The number of nitrogens with one attached hydrogen (secondary N) is 2. The summed E-state index contributed by atoms with van der Waals surface area (Å²) < 4.78 is 5.61. The Kier molecular flexibility index (Phi) is 7.50. The summed E-state index contributed by atoms with van der Waals surface area (Å²) in [4.78, 5) is 36.8. The van der Waals surface area contributed by atoms with E-state index < -0.39 is 24.1 Å². The van der Waals surface area contributed by atoms with E-state index in [2.05, 4.69) is 34.9 Å². The maximum atomic E-state index is 12.9. The van der Waals surface area contributed by atoms with E-state index in [0.717, 1.165) is 47.9 Å². The molecule has 1 fully saturated rings.